The summed E-state index contributed by atoms with van der Waals surface area (Å²) in [7, 11) is 1.83. The van der Waals surface area contributed by atoms with Gasteiger partial charge in [0.1, 0.15) is 5.82 Å². The van der Waals surface area contributed by atoms with E-state index in [0.717, 1.165) is 19.4 Å². The molecule has 1 rings (SSSR count). The predicted molar refractivity (Wildman–Crippen MR) is 74.7 cm³/mol. The highest BCUT2D eigenvalue weighted by atomic mass is 19.1. The van der Waals surface area contributed by atoms with Gasteiger partial charge in [0, 0.05) is 18.7 Å². The van der Waals surface area contributed by atoms with Crippen LogP contribution in [0, 0.1) is 5.82 Å². The molecule has 1 aromatic carbocycles. The average Bonchev–Trinajstić information content (AvgIpc) is 2.42. The van der Waals surface area contributed by atoms with Gasteiger partial charge in [0.15, 0.2) is 0 Å². The summed E-state index contributed by atoms with van der Waals surface area (Å²) in [5, 5.41) is 3.02. The first kappa shape index (κ1) is 16.1. The number of hydrogen-bond donors (Lipinski definition) is 1. The Balaban J connectivity index is 2.39. The van der Waals surface area contributed by atoms with Crippen LogP contribution in [0.25, 0.3) is 0 Å². The fourth-order valence-electron chi connectivity index (χ4n) is 1.78. The third-order valence-corrected chi connectivity index (χ3v) is 2.83. The lowest BCUT2D eigenvalue weighted by Gasteiger charge is -2.18. The first-order valence-corrected chi connectivity index (χ1v) is 6.88. The van der Waals surface area contributed by atoms with Gasteiger partial charge in [-0.25, -0.2) is 4.39 Å². The maximum Gasteiger partial charge on any atom is 0.129 e. The summed E-state index contributed by atoms with van der Waals surface area (Å²) in [5.41, 5.74) is 0.588. The second-order valence-corrected chi connectivity index (χ2v) is 4.40. The number of halogens is 1. The number of likely N-dealkylation sites (N-methyl/N-ethyl adjacent to an activating group) is 1. The minimum absolute atomic E-state index is 0.227. The molecule has 0 aromatic heterocycles. The maximum absolute atomic E-state index is 13.7. The van der Waals surface area contributed by atoms with Gasteiger partial charge in [-0.15, -0.1) is 0 Å². The van der Waals surface area contributed by atoms with E-state index in [1.807, 2.05) is 13.1 Å². The molecule has 0 heterocycles. The Hall–Kier alpha value is -0.970. The lowest BCUT2D eigenvalue weighted by atomic mass is 10.1. The van der Waals surface area contributed by atoms with Crippen LogP contribution < -0.4 is 5.32 Å². The highest BCUT2D eigenvalue weighted by Gasteiger charge is 2.14. The van der Waals surface area contributed by atoms with Crippen molar-refractivity contribution in [3.63, 3.8) is 0 Å². The molecule has 0 amide bonds. The molecule has 0 fully saturated rings. The van der Waals surface area contributed by atoms with Crippen molar-refractivity contribution in [3.8, 4) is 0 Å². The Kier molecular flexibility index (Phi) is 8.38. The van der Waals surface area contributed by atoms with E-state index in [2.05, 4.69) is 12.2 Å². The largest absolute Gasteiger partial charge is 0.379 e. The van der Waals surface area contributed by atoms with Crippen molar-refractivity contribution < 1.29 is 13.9 Å². The summed E-state index contributed by atoms with van der Waals surface area (Å²) in [6.07, 6.45) is 1.91. The SMILES string of the molecule is CCCCOCCOC(CNC)c1ccccc1F. The van der Waals surface area contributed by atoms with Crippen molar-refractivity contribution in [2.75, 3.05) is 33.4 Å². The summed E-state index contributed by atoms with van der Waals surface area (Å²) in [6.45, 7) is 4.49. The third kappa shape index (κ3) is 6.14. The molecule has 1 atom stereocenters. The Labute approximate surface area is 115 Å². The smallest absolute Gasteiger partial charge is 0.129 e. The van der Waals surface area contributed by atoms with Crippen molar-refractivity contribution >= 4 is 0 Å². The summed E-state index contributed by atoms with van der Waals surface area (Å²) in [5.74, 6) is -0.227. The summed E-state index contributed by atoms with van der Waals surface area (Å²) in [6, 6.07) is 6.72. The van der Waals surface area contributed by atoms with Crippen molar-refractivity contribution in [2.24, 2.45) is 0 Å². The topological polar surface area (TPSA) is 30.5 Å². The first-order chi connectivity index (χ1) is 9.29. The van der Waals surface area contributed by atoms with Crippen LogP contribution in [0.2, 0.25) is 0 Å². The number of rotatable bonds is 10. The van der Waals surface area contributed by atoms with Crippen LogP contribution >= 0.6 is 0 Å². The lowest BCUT2D eigenvalue weighted by molar-refractivity contribution is 0.00296. The van der Waals surface area contributed by atoms with Crippen molar-refractivity contribution in [3.05, 3.63) is 35.6 Å². The van der Waals surface area contributed by atoms with E-state index >= 15 is 0 Å². The minimum Gasteiger partial charge on any atom is -0.379 e. The Bertz CT molecular complexity index is 347. The summed E-state index contributed by atoms with van der Waals surface area (Å²) < 4.78 is 24.8. The molecule has 1 unspecified atom stereocenters. The van der Waals surface area contributed by atoms with E-state index < -0.39 is 0 Å². The van der Waals surface area contributed by atoms with Crippen LogP contribution in [0.3, 0.4) is 0 Å². The third-order valence-electron chi connectivity index (χ3n) is 2.83. The maximum atomic E-state index is 13.7. The second-order valence-electron chi connectivity index (χ2n) is 4.40. The van der Waals surface area contributed by atoms with Crippen LogP contribution in [0.15, 0.2) is 24.3 Å². The van der Waals surface area contributed by atoms with Crippen LogP contribution in [-0.2, 0) is 9.47 Å². The molecule has 3 nitrogen and oxygen atoms in total. The van der Waals surface area contributed by atoms with Crippen LogP contribution in [-0.4, -0.2) is 33.4 Å². The average molecular weight is 269 g/mol. The molecule has 0 spiro atoms. The van der Waals surface area contributed by atoms with E-state index in [9.17, 15) is 4.39 Å². The Morgan fingerprint density at radius 3 is 2.68 bits per heavy atom. The molecule has 19 heavy (non-hydrogen) atoms. The number of nitrogens with one attached hydrogen (secondary N) is 1. The van der Waals surface area contributed by atoms with Crippen molar-refractivity contribution in [2.45, 2.75) is 25.9 Å². The molecule has 0 aliphatic carbocycles. The molecule has 108 valence electrons. The van der Waals surface area contributed by atoms with E-state index in [-0.39, 0.29) is 11.9 Å². The Morgan fingerprint density at radius 2 is 2.00 bits per heavy atom. The van der Waals surface area contributed by atoms with Gasteiger partial charge >= 0.3 is 0 Å². The minimum atomic E-state index is -0.277. The molecule has 0 saturated heterocycles. The normalized spacial score (nSPS) is 12.6. The van der Waals surface area contributed by atoms with E-state index in [4.69, 9.17) is 9.47 Å². The predicted octanol–water partition coefficient (Wildman–Crippen LogP) is 2.92. The van der Waals surface area contributed by atoms with Gasteiger partial charge in [-0.2, -0.15) is 0 Å². The quantitative estimate of drug-likeness (QED) is 0.662. The fraction of sp³-hybridized carbons (Fsp3) is 0.600. The zero-order chi connectivity index (χ0) is 13.9. The zero-order valence-electron chi connectivity index (χ0n) is 11.8. The molecule has 4 heteroatoms. The van der Waals surface area contributed by atoms with Gasteiger partial charge in [0.25, 0.3) is 0 Å². The first-order valence-electron chi connectivity index (χ1n) is 6.88. The summed E-state index contributed by atoms with van der Waals surface area (Å²) >= 11 is 0. The second kappa shape index (κ2) is 9.89. The van der Waals surface area contributed by atoms with Crippen LogP contribution in [0.1, 0.15) is 31.4 Å². The van der Waals surface area contributed by atoms with Gasteiger partial charge in [0.05, 0.1) is 19.3 Å². The standard InChI is InChI=1S/C15H24FNO2/c1-3-4-9-18-10-11-19-15(12-17-2)13-7-5-6-8-14(13)16/h5-8,15,17H,3-4,9-12H2,1-2H3. The van der Waals surface area contributed by atoms with Crippen molar-refractivity contribution in [1.29, 1.82) is 0 Å². The zero-order valence-corrected chi connectivity index (χ0v) is 11.8. The molecule has 1 aromatic rings. The molecule has 0 aliphatic heterocycles. The molecule has 0 aliphatic rings. The van der Waals surface area contributed by atoms with Gasteiger partial charge in [-0.3, -0.25) is 0 Å². The highest BCUT2D eigenvalue weighted by Crippen LogP contribution is 2.19. The molecule has 1 N–H and O–H groups in total. The lowest BCUT2D eigenvalue weighted by Crippen LogP contribution is -2.22. The number of unbranched alkanes of at least 4 members (excludes halogenated alkanes) is 1. The molecular formula is C15H24FNO2. The van der Waals surface area contributed by atoms with Crippen LogP contribution in [0.5, 0.6) is 0 Å². The van der Waals surface area contributed by atoms with E-state index in [1.54, 1.807) is 12.1 Å². The molecule has 0 saturated carbocycles. The summed E-state index contributed by atoms with van der Waals surface area (Å²) in [4.78, 5) is 0. The monoisotopic (exact) mass is 269 g/mol. The van der Waals surface area contributed by atoms with Crippen molar-refractivity contribution in [1.82, 2.24) is 5.32 Å². The van der Waals surface area contributed by atoms with Gasteiger partial charge in [0.2, 0.25) is 0 Å². The highest BCUT2D eigenvalue weighted by molar-refractivity contribution is 5.20. The molecule has 0 radical (unpaired) electrons. The number of hydrogen-bond acceptors (Lipinski definition) is 3. The fourth-order valence-corrected chi connectivity index (χ4v) is 1.78. The molecular weight excluding hydrogens is 245 g/mol. The Morgan fingerprint density at radius 1 is 1.21 bits per heavy atom. The van der Waals surface area contributed by atoms with Crippen LogP contribution in [0.4, 0.5) is 4.39 Å². The van der Waals surface area contributed by atoms with Gasteiger partial charge in [-0.05, 0) is 19.5 Å². The van der Waals surface area contributed by atoms with Gasteiger partial charge < -0.3 is 14.8 Å². The van der Waals surface area contributed by atoms with E-state index in [1.165, 1.54) is 6.07 Å². The number of ether oxygens (including phenoxy) is 2. The number of benzene rings is 1. The van der Waals surface area contributed by atoms with E-state index in [0.29, 0.717) is 25.3 Å². The molecule has 0 bridgehead atoms. The van der Waals surface area contributed by atoms with Gasteiger partial charge in [-0.1, -0.05) is 31.5 Å².